The zero-order chi connectivity index (χ0) is 23.5. The molecule has 0 unspecified atom stereocenters. The van der Waals surface area contributed by atoms with Gasteiger partial charge in [-0.3, -0.25) is 4.98 Å². The molecule has 2 heterocycles. The van der Waals surface area contributed by atoms with Crippen LogP contribution < -0.4 is 5.32 Å². The summed E-state index contributed by atoms with van der Waals surface area (Å²) in [5.74, 6) is -3.62. The molecule has 0 saturated carbocycles. The number of benzene rings is 2. The van der Waals surface area contributed by atoms with Crippen LogP contribution in [0.5, 0.6) is 0 Å². The van der Waals surface area contributed by atoms with Gasteiger partial charge in [0, 0.05) is 34.2 Å². The second-order valence-electron chi connectivity index (χ2n) is 6.36. The molecule has 0 radical (unpaired) electrons. The molecule has 164 valence electrons. The number of aromatic nitrogens is 2. The van der Waals surface area contributed by atoms with Crippen LogP contribution >= 0.6 is 0 Å². The van der Waals surface area contributed by atoms with Crippen LogP contribution in [-0.4, -0.2) is 38.3 Å². The van der Waals surface area contributed by atoms with Gasteiger partial charge >= 0.3 is 18.1 Å². The molecule has 0 fully saturated rings. The van der Waals surface area contributed by atoms with E-state index in [2.05, 4.69) is 15.3 Å². The van der Waals surface area contributed by atoms with Crippen LogP contribution in [-0.2, 0) is 4.79 Å². The Balaban J connectivity index is 0.000000360. The van der Waals surface area contributed by atoms with Gasteiger partial charge in [0.1, 0.15) is 11.6 Å². The average Bonchev–Trinajstić information content (AvgIpc) is 2.73. The monoisotopic (exact) mass is 447 g/mol. The highest BCUT2D eigenvalue weighted by molar-refractivity contribution is 6.11. The van der Waals surface area contributed by atoms with E-state index in [1.807, 2.05) is 6.07 Å². The van der Waals surface area contributed by atoms with E-state index in [0.29, 0.717) is 17.0 Å². The normalized spacial score (nSPS) is 11.0. The van der Waals surface area contributed by atoms with E-state index in [-0.39, 0.29) is 11.4 Å². The number of fused-ring (bicyclic) bond motifs is 3. The van der Waals surface area contributed by atoms with Crippen molar-refractivity contribution in [1.82, 2.24) is 9.97 Å². The zero-order valence-corrected chi connectivity index (χ0v) is 15.9. The first kappa shape index (κ1) is 22.4. The number of nitrogens with one attached hydrogen (secondary N) is 1. The molecule has 0 bridgehead atoms. The molecule has 3 N–H and O–H groups in total. The summed E-state index contributed by atoms with van der Waals surface area (Å²) in [5.41, 5.74) is 1.23. The Hall–Kier alpha value is -4.28. The molecule has 2 aromatic carbocycles. The fraction of sp³-hybridized carbons (Fsp3) is 0.0476. The summed E-state index contributed by atoms with van der Waals surface area (Å²) in [5, 5.41) is 21.9. The van der Waals surface area contributed by atoms with E-state index >= 15 is 0 Å². The Kier molecular flexibility index (Phi) is 6.19. The van der Waals surface area contributed by atoms with Crippen LogP contribution in [0.3, 0.4) is 0 Å². The second kappa shape index (κ2) is 8.84. The molecule has 32 heavy (non-hydrogen) atoms. The first-order chi connectivity index (χ1) is 15.1. The van der Waals surface area contributed by atoms with Crippen LogP contribution in [0.1, 0.15) is 10.4 Å². The molecule has 0 atom stereocenters. The number of rotatable bonds is 3. The molecule has 0 amide bonds. The number of hydrogen-bond donors (Lipinski definition) is 3. The van der Waals surface area contributed by atoms with Crippen molar-refractivity contribution < 1.29 is 37.4 Å². The highest BCUT2D eigenvalue weighted by atomic mass is 19.4. The molecule has 2 aromatic heterocycles. The number of nitrogens with zero attached hydrogens (tertiary/aromatic N) is 2. The third kappa shape index (κ3) is 5.06. The molecule has 0 aliphatic carbocycles. The van der Waals surface area contributed by atoms with Gasteiger partial charge in [-0.05, 0) is 36.4 Å². The van der Waals surface area contributed by atoms with E-state index in [9.17, 15) is 27.5 Å². The summed E-state index contributed by atoms with van der Waals surface area (Å²) in [6.45, 7) is 0. The molecule has 4 aromatic rings. The van der Waals surface area contributed by atoms with Crippen molar-refractivity contribution in [1.29, 1.82) is 0 Å². The van der Waals surface area contributed by atoms with Gasteiger partial charge in [0.2, 0.25) is 0 Å². The Morgan fingerprint density at radius 3 is 2.28 bits per heavy atom. The number of pyridine rings is 2. The van der Waals surface area contributed by atoms with Gasteiger partial charge in [0.05, 0.1) is 11.1 Å². The quantitative estimate of drug-likeness (QED) is 0.299. The molecule has 0 spiro atoms. The smallest absolute Gasteiger partial charge is 0.478 e. The lowest BCUT2D eigenvalue weighted by molar-refractivity contribution is -0.192. The van der Waals surface area contributed by atoms with E-state index in [1.54, 1.807) is 36.7 Å². The number of alkyl halides is 3. The molecule has 0 aliphatic rings. The fourth-order valence-electron chi connectivity index (χ4n) is 2.78. The van der Waals surface area contributed by atoms with Crippen molar-refractivity contribution in [3.63, 3.8) is 0 Å². The Bertz CT molecular complexity index is 1330. The summed E-state index contributed by atoms with van der Waals surface area (Å²) in [4.78, 5) is 28.8. The Morgan fingerprint density at radius 1 is 0.938 bits per heavy atom. The third-order valence-corrected chi connectivity index (χ3v) is 4.17. The number of aromatic carboxylic acids is 1. The fourth-order valence-corrected chi connectivity index (χ4v) is 2.78. The van der Waals surface area contributed by atoms with Crippen molar-refractivity contribution in [3.05, 3.63) is 72.3 Å². The number of aliphatic carboxylic acids is 1. The SMILES string of the molecule is O=C(O)C(F)(F)F.O=C(O)c1ccc2c(c1)nc(Nc1cccc(F)c1)c1ccncc12. The minimum absolute atomic E-state index is 0.153. The number of carbonyl (C=O) groups is 2. The lowest BCUT2D eigenvalue weighted by Crippen LogP contribution is -2.21. The highest BCUT2D eigenvalue weighted by Gasteiger charge is 2.38. The van der Waals surface area contributed by atoms with Crippen molar-refractivity contribution >= 4 is 45.1 Å². The largest absolute Gasteiger partial charge is 0.490 e. The maximum Gasteiger partial charge on any atom is 0.490 e. The molecule has 11 heteroatoms. The van der Waals surface area contributed by atoms with E-state index in [1.165, 1.54) is 18.2 Å². The van der Waals surface area contributed by atoms with Gasteiger partial charge in [-0.15, -0.1) is 0 Å². The molecule has 4 rings (SSSR count). The lowest BCUT2D eigenvalue weighted by Gasteiger charge is -2.12. The minimum atomic E-state index is -5.08. The van der Waals surface area contributed by atoms with Gasteiger partial charge < -0.3 is 15.5 Å². The standard InChI is InChI=1S/C19H12FN3O2.C2HF3O2/c20-12-2-1-3-13(9-12)22-18-15-6-7-21-10-16(15)14-5-4-11(19(24)25)8-17(14)23-18;3-2(4,5)1(6)7/h1-10H,(H,22,23)(H,24,25);(H,6,7). The summed E-state index contributed by atoms with van der Waals surface area (Å²) >= 11 is 0. The van der Waals surface area contributed by atoms with Crippen LogP contribution in [0.4, 0.5) is 29.1 Å². The predicted octanol–water partition coefficient (Wildman–Crippen LogP) is 5.00. The number of carboxylic acids is 2. The number of anilines is 2. The minimum Gasteiger partial charge on any atom is -0.478 e. The Morgan fingerprint density at radius 2 is 1.66 bits per heavy atom. The van der Waals surface area contributed by atoms with Gasteiger partial charge in [0.25, 0.3) is 0 Å². The average molecular weight is 447 g/mol. The van der Waals surface area contributed by atoms with E-state index in [4.69, 9.17) is 9.90 Å². The van der Waals surface area contributed by atoms with Crippen LogP contribution in [0, 0.1) is 5.82 Å². The van der Waals surface area contributed by atoms with Gasteiger partial charge in [-0.1, -0.05) is 12.1 Å². The van der Waals surface area contributed by atoms with Crippen molar-refractivity contribution in [3.8, 4) is 0 Å². The summed E-state index contributed by atoms with van der Waals surface area (Å²) in [7, 11) is 0. The highest BCUT2D eigenvalue weighted by Crippen LogP contribution is 2.31. The second-order valence-corrected chi connectivity index (χ2v) is 6.36. The summed E-state index contributed by atoms with van der Waals surface area (Å²) in [6.07, 6.45) is -1.73. The van der Waals surface area contributed by atoms with Gasteiger partial charge in [-0.2, -0.15) is 13.2 Å². The first-order valence-electron chi connectivity index (χ1n) is 8.80. The summed E-state index contributed by atoms with van der Waals surface area (Å²) in [6, 6.07) is 12.7. The van der Waals surface area contributed by atoms with Crippen molar-refractivity contribution in [2.75, 3.05) is 5.32 Å². The zero-order valence-electron chi connectivity index (χ0n) is 15.9. The van der Waals surface area contributed by atoms with Crippen LogP contribution in [0.25, 0.3) is 21.7 Å². The topological polar surface area (TPSA) is 112 Å². The molecular weight excluding hydrogens is 434 g/mol. The third-order valence-electron chi connectivity index (χ3n) is 4.17. The Labute approximate surface area is 177 Å². The maximum absolute atomic E-state index is 13.4. The molecule has 0 aliphatic heterocycles. The van der Waals surface area contributed by atoms with Crippen LogP contribution in [0.2, 0.25) is 0 Å². The number of carboxylic acid groups (broad SMARTS) is 2. The van der Waals surface area contributed by atoms with Crippen molar-refractivity contribution in [2.24, 2.45) is 0 Å². The number of halogens is 4. The first-order valence-corrected chi connectivity index (χ1v) is 8.80. The van der Waals surface area contributed by atoms with E-state index < -0.39 is 18.1 Å². The van der Waals surface area contributed by atoms with Gasteiger partial charge in [0.15, 0.2) is 0 Å². The molecule has 0 saturated heterocycles. The maximum atomic E-state index is 13.4. The molecular formula is C21H13F4N3O4. The summed E-state index contributed by atoms with van der Waals surface area (Å²) < 4.78 is 45.2. The number of hydrogen-bond acceptors (Lipinski definition) is 5. The van der Waals surface area contributed by atoms with Crippen LogP contribution in [0.15, 0.2) is 60.9 Å². The van der Waals surface area contributed by atoms with E-state index in [0.717, 1.165) is 16.2 Å². The molecule has 7 nitrogen and oxygen atoms in total. The van der Waals surface area contributed by atoms with Gasteiger partial charge in [-0.25, -0.2) is 19.0 Å². The van der Waals surface area contributed by atoms with Crippen molar-refractivity contribution in [2.45, 2.75) is 6.18 Å². The predicted molar refractivity (Wildman–Crippen MR) is 107 cm³/mol. The lowest BCUT2D eigenvalue weighted by atomic mass is 10.1.